The van der Waals surface area contributed by atoms with Crippen LogP contribution in [0.3, 0.4) is 0 Å². The first kappa shape index (κ1) is 19.0. The van der Waals surface area contributed by atoms with Gasteiger partial charge < -0.3 is 5.11 Å². The highest BCUT2D eigenvalue weighted by atomic mass is 32.2. The Hall–Kier alpha value is -3.30. The molecule has 0 saturated carbocycles. The number of thiazole rings is 1. The number of aromatic nitrogens is 1. The third kappa shape index (κ3) is 3.82. The van der Waals surface area contributed by atoms with E-state index < -0.39 is 16.9 Å². The molecule has 4 rings (SSSR count). The maximum absolute atomic E-state index is 13.1. The number of benzene rings is 3. The van der Waals surface area contributed by atoms with Gasteiger partial charge in [0.05, 0.1) is 17.4 Å². The predicted molar refractivity (Wildman–Crippen MR) is 111 cm³/mol. The SMILES string of the molecule is O=C(O)c1ccc2cc(N(c3cnc(-c4ccc(F)cc4)s3)[SH](=O)=O)ccc2c1. The van der Waals surface area contributed by atoms with Crippen LogP contribution in [-0.2, 0) is 10.9 Å². The zero-order valence-corrected chi connectivity index (χ0v) is 16.4. The summed E-state index contributed by atoms with van der Waals surface area (Å²) in [6.07, 6.45) is 1.45. The highest BCUT2D eigenvalue weighted by Gasteiger charge is 2.17. The minimum Gasteiger partial charge on any atom is -0.478 e. The van der Waals surface area contributed by atoms with Gasteiger partial charge in [-0.3, -0.25) is 0 Å². The molecule has 0 spiro atoms. The standard InChI is InChI=1S/C20H13FN2O4S2/c21-16-6-3-12(4-7-16)19-22-11-18(28-19)23(29(26)27)17-8-5-13-9-15(20(24)25)2-1-14(13)10-17/h1-11,29H,(H,24,25). The number of aromatic carboxylic acids is 1. The smallest absolute Gasteiger partial charge is 0.335 e. The number of halogens is 1. The Labute approximate surface area is 170 Å². The molecule has 0 bridgehead atoms. The van der Waals surface area contributed by atoms with Crippen LogP contribution >= 0.6 is 11.3 Å². The molecule has 29 heavy (non-hydrogen) atoms. The van der Waals surface area contributed by atoms with E-state index in [9.17, 15) is 17.6 Å². The first-order chi connectivity index (χ1) is 13.9. The molecule has 0 saturated heterocycles. The molecule has 3 aromatic carbocycles. The summed E-state index contributed by atoms with van der Waals surface area (Å²) >= 11 is 1.17. The van der Waals surface area contributed by atoms with Crippen LogP contribution < -0.4 is 4.31 Å². The van der Waals surface area contributed by atoms with Crippen LogP contribution in [0.4, 0.5) is 15.1 Å². The Bertz CT molecular complexity index is 1290. The highest BCUT2D eigenvalue weighted by molar-refractivity contribution is 7.74. The van der Waals surface area contributed by atoms with Gasteiger partial charge in [0.15, 0.2) is 0 Å². The number of thiol groups is 1. The molecule has 6 nitrogen and oxygen atoms in total. The fraction of sp³-hybridized carbons (Fsp3) is 0. The topological polar surface area (TPSA) is 87.6 Å². The van der Waals surface area contributed by atoms with Crippen molar-refractivity contribution in [1.29, 1.82) is 0 Å². The normalized spacial score (nSPS) is 11.1. The van der Waals surface area contributed by atoms with Gasteiger partial charge in [-0.05, 0) is 59.3 Å². The lowest BCUT2D eigenvalue weighted by atomic mass is 10.1. The molecule has 4 aromatic rings. The molecule has 0 radical (unpaired) electrons. The van der Waals surface area contributed by atoms with Crippen molar-refractivity contribution in [3.05, 3.63) is 78.2 Å². The largest absolute Gasteiger partial charge is 0.478 e. The summed E-state index contributed by atoms with van der Waals surface area (Å²) < 4.78 is 38.2. The van der Waals surface area contributed by atoms with E-state index in [4.69, 9.17) is 5.11 Å². The Balaban J connectivity index is 1.74. The lowest BCUT2D eigenvalue weighted by molar-refractivity contribution is 0.0697. The van der Waals surface area contributed by atoms with Gasteiger partial charge in [-0.25, -0.2) is 26.9 Å². The van der Waals surface area contributed by atoms with Gasteiger partial charge in [0.25, 0.3) is 0 Å². The average Bonchev–Trinajstić information content (AvgIpc) is 3.17. The van der Waals surface area contributed by atoms with E-state index in [1.165, 1.54) is 41.8 Å². The van der Waals surface area contributed by atoms with E-state index in [2.05, 4.69) is 4.98 Å². The summed E-state index contributed by atoms with van der Waals surface area (Å²) in [6, 6.07) is 15.4. The Kier molecular flexibility index (Phi) is 4.99. The van der Waals surface area contributed by atoms with Crippen molar-refractivity contribution in [3.8, 4) is 10.6 Å². The number of nitrogens with zero attached hydrogens (tertiary/aromatic N) is 2. The molecule has 0 fully saturated rings. The van der Waals surface area contributed by atoms with Gasteiger partial charge >= 0.3 is 5.97 Å². The molecule has 0 amide bonds. The number of anilines is 2. The Morgan fingerprint density at radius 1 is 1.00 bits per heavy atom. The van der Waals surface area contributed by atoms with Crippen molar-refractivity contribution >= 4 is 49.7 Å². The molecule has 0 atom stereocenters. The van der Waals surface area contributed by atoms with Gasteiger partial charge in [-0.1, -0.05) is 23.5 Å². The highest BCUT2D eigenvalue weighted by Crippen LogP contribution is 2.36. The lowest BCUT2D eigenvalue weighted by Crippen LogP contribution is -2.12. The number of rotatable bonds is 5. The van der Waals surface area contributed by atoms with Crippen LogP contribution in [-0.4, -0.2) is 24.5 Å². The zero-order valence-electron chi connectivity index (χ0n) is 14.7. The van der Waals surface area contributed by atoms with Crippen molar-refractivity contribution in [2.45, 2.75) is 0 Å². The number of fused-ring (bicyclic) bond motifs is 1. The van der Waals surface area contributed by atoms with Gasteiger partial charge in [0.2, 0.25) is 10.9 Å². The molecule has 9 heteroatoms. The van der Waals surface area contributed by atoms with Crippen molar-refractivity contribution in [2.24, 2.45) is 0 Å². The lowest BCUT2D eigenvalue weighted by Gasteiger charge is -2.15. The van der Waals surface area contributed by atoms with E-state index in [1.807, 2.05) is 0 Å². The Morgan fingerprint density at radius 2 is 1.69 bits per heavy atom. The van der Waals surface area contributed by atoms with Crippen molar-refractivity contribution < 1.29 is 22.7 Å². The van der Waals surface area contributed by atoms with E-state index in [0.29, 0.717) is 32.0 Å². The number of hydrogen-bond acceptors (Lipinski definition) is 5. The summed E-state index contributed by atoms with van der Waals surface area (Å²) in [5.41, 5.74) is 1.25. The van der Waals surface area contributed by atoms with Crippen molar-refractivity contribution in [1.82, 2.24) is 4.98 Å². The van der Waals surface area contributed by atoms with Gasteiger partial charge in [0.1, 0.15) is 15.8 Å². The first-order valence-electron chi connectivity index (χ1n) is 8.36. The maximum atomic E-state index is 13.1. The van der Waals surface area contributed by atoms with E-state index in [0.717, 1.165) is 4.31 Å². The first-order valence-corrected chi connectivity index (χ1v) is 10.3. The van der Waals surface area contributed by atoms with Crippen LogP contribution in [0.15, 0.2) is 66.9 Å². The molecule has 1 aromatic heterocycles. The van der Waals surface area contributed by atoms with E-state index in [1.54, 1.807) is 36.4 Å². The maximum Gasteiger partial charge on any atom is 0.335 e. The summed E-state index contributed by atoms with van der Waals surface area (Å²) in [6.45, 7) is 0. The third-order valence-corrected chi connectivity index (χ3v) is 6.21. The van der Waals surface area contributed by atoms with Crippen LogP contribution in [0.5, 0.6) is 0 Å². The minimum atomic E-state index is -3.00. The van der Waals surface area contributed by atoms with E-state index in [-0.39, 0.29) is 11.4 Å². The van der Waals surface area contributed by atoms with Gasteiger partial charge in [-0.2, -0.15) is 0 Å². The van der Waals surface area contributed by atoms with E-state index >= 15 is 0 Å². The summed E-state index contributed by atoms with van der Waals surface area (Å²) in [7, 11) is -3.00. The van der Waals surface area contributed by atoms with Crippen molar-refractivity contribution in [2.75, 3.05) is 4.31 Å². The molecule has 146 valence electrons. The molecule has 0 aliphatic carbocycles. The number of carboxylic acid groups (broad SMARTS) is 1. The summed E-state index contributed by atoms with van der Waals surface area (Å²) in [5, 5.41) is 11.5. The molecule has 0 aliphatic heterocycles. The van der Waals surface area contributed by atoms with Gasteiger partial charge in [0, 0.05) is 5.56 Å². The molecule has 0 aliphatic rings. The molecule has 1 N–H and O–H groups in total. The average molecular weight is 428 g/mol. The van der Waals surface area contributed by atoms with Gasteiger partial charge in [-0.15, -0.1) is 0 Å². The van der Waals surface area contributed by atoms with Crippen LogP contribution in [0.1, 0.15) is 10.4 Å². The van der Waals surface area contributed by atoms with Crippen LogP contribution in [0, 0.1) is 5.82 Å². The number of carboxylic acids is 1. The van der Waals surface area contributed by atoms with Crippen LogP contribution in [0.25, 0.3) is 21.3 Å². The second-order valence-corrected chi connectivity index (χ2v) is 8.00. The fourth-order valence-electron chi connectivity index (χ4n) is 2.89. The minimum absolute atomic E-state index is 0.156. The third-order valence-electron chi connectivity index (χ3n) is 4.27. The summed E-state index contributed by atoms with van der Waals surface area (Å²) in [5.74, 6) is -1.39. The molecular formula is C20H13FN2O4S2. The Morgan fingerprint density at radius 3 is 2.38 bits per heavy atom. The summed E-state index contributed by atoms with van der Waals surface area (Å²) in [4.78, 5) is 15.4. The second kappa shape index (κ2) is 7.61. The quantitative estimate of drug-likeness (QED) is 0.458. The monoisotopic (exact) mass is 428 g/mol. The second-order valence-electron chi connectivity index (χ2n) is 6.11. The molecule has 0 unspecified atom stereocenters. The predicted octanol–water partition coefficient (Wildman–Crippen LogP) is 4.47. The number of hydrogen-bond donors (Lipinski definition) is 2. The molecular weight excluding hydrogens is 415 g/mol. The van der Waals surface area contributed by atoms with Crippen LogP contribution in [0.2, 0.25) is 0 Å². The fourth-order valence-corrected chi connectivity index (χ4v) is 4.59. The van der Waals surface area contributed by atoms with Crippen molar-refractivity contribution in [3.63, 3.8) is 0 Å². The molecule has 1 heterocycles. The number of carbonyl (C=O) groups is 1. The zero-order chi connectivity index (χ0) is 20.5.